The van der Waals surface area contributed by atoms with E-state index in [-0.39, 0.29) is 24.9 Å². The second-order valence-corrected chi connectivity index (χ2v) is 9.68. The summed E-state index contributed by atoms with van der Waals surface area (Å²) in [6.45, 7) is 3.59. The number of carbonyl (C=O) groups is 3. The van der Waals surface area contributed by atoms with Crippen LogP contribution in [0, 0.1) is 0 Å². The summed E-state index contributed by atoms with van der Waals surface area (Å²) < 4.78 is 0. The quantitative estimate of drug-likeness (QED) is 0.552. The lowest BCUT2D eigenvalue weighted by molar-refractivity contribution is -0.197. The summed E-state index contributed by atoms with van der Waals surface area (Å²) in [7, 11) is 3.64. The van der Waals surface area contributed by atoms with E-state index in [2.05, 4.69) is 17.4 Å². The maximum absolute atomic E-state index is 13.1. The van der Waals surface area contributed by atoms with Gasteiger partial charge in [0.15, 0.2) is 0 Å². The third-order valence-corrected chi connectivity index (χ3v) is 6.98. The third kappa shape index (κ3) is 6.56. The smallest absolute Gasteiger partial charge is 0.245 e. The standard InChI is InChI=1S/C18H22Cl2N4O3.C8H11N/c1-3-4-15-18(27)22(8-12-5-6-13(19)14(20)7-12)9-16-23(11-25)21(2)10-17(26)24(15)16;1-9-7-8-5-3-2-4-6-8/h5-7,11,15-16H,3-4,8-10H2,1-2H3;2-6,9H,7H2,1H3/t15-,16?;/m0./s1. The van der Waals surface area contributed by atoms with Crippen molar-refractivity contribution in [3.05, 3.63) is 69.7 Å². The zero-order valence-corrected chi connectivity index (χ0v) is 22.4. The zero-order valence-electron chi connectivity index (χ0n) is 20.9. The number of halogens is 2. The number of hydrogen-bond donors (Lipinski definition) is 1. The van der Waals surface area contributed by atoms with Gasteiger partial charge in [0.1, 0.15) is 12.2 Å². The van der Waals surface area contributed by atoms with Crippen molar-refractivity contribution in [2.75, 3.05) is 27.2 Å². The van der Waals surface area contributed by atoms with Gasteiger partial charge in [-0.05, 0) is 36.7 Å². The van der Waals surface area contributed by atoms with Crippen molar-refractivity contribution >= 4 is 41.4 Å². The van der Waals surface area contributed by atoms with Gasteiger partial charge < -0.3 is 15.1 Å². The van der Waals surface area contributed by atoms with Crippen molar-refractivity contribution in [1.29, 1.82) is 0 Å². The Balaban J connectivity index is 0.000000338. The van der Waals surface area contributed by atoms with Gasteiger partial charge in [-0.3, -0.25) is 19.4 Å². The average Bonchev–Trinajstić information content (AvgIpc) is 2.85. The van der Waals surface area contributed by atoms with E-state index in [1.807, 2.05) is 38.2 Å². The van der Waals surface area contributed by atoms with Gasteiger partial charge in [-0.2, -0.15) is 0 Å². The molecule has 2 atom stereocenters. The average molecular weight is 534 g/mol. The van der Waals surface area contributed by atoms with E-state index in [1.165, 1.54) is 10.6 Å². The molecule has 0 aromatic heterocycles. The first-order chi connectivity index (χ1) is 17.3. The van der Waals surface area contributed by atoms with Crippen LogP contribution in [0.4, 0.5) is 0 Å². The number of likely N-dealkylation sites (N-methyl/N-ethyl adjacent to an activating group) is 1. The number of rotatable bonds is 7. The lowest BCUT2D eigenvalue weighted by Gasteiger charge is -2.53. The molecular weight excluding hydrogens is 501 g/mol. The van der Waals surface area contributed by atoms with Crippen LogP contribution in [0.3, 0.4) is 0 Å². The van der Waals surface area contributed by atoms with Crippen LogP contribution in [-0.2, 0) is 27.5 Å². The van der Waals surface area contributed by atoms with Crippen LogP contribution < -0.4 is 5.32 Å². The number of hydrogen-bond acceptors (Lipinski definition) is 5. The highest BCUT2D eigenvalue weighted by Crippen LogP contribution is 2.29. The Morgan fingerprint density at radius 2 is 1.78 bits per heavy atom. The molecule has 36 heavy (non-hydrogen) atoms. The predicted molar refractivity (Wildman–Crippen MR) is 141 cm³/mol. The molecule has 2 heterocycles. The van der Waals surface area contributed by atoms with Crippen molar-refractivity contribution in [1.82, 2.24) is 25.1 Å². The van der Waals surface area contributed by atoms with Crippen LogP contribution in [0.25, 0.3) is 0 Å². The minimum absolute atomic E-state index is 0.0789. The van der Waals surface area contributed by atoms with Crippen LogP contribution >= 0.6 is 23.2 Å². The molecule has 2 aromatic rings. The van der Waals surface area contributed by atoms with Gasteiger partial charge in [0.05, 0.1) is 23.1 Å². The maximum Gasteiger partial charge on any atom is 0.245 e. The summed E-state index contributed by atoms with van der Waals surface area (Å²) in [4.78, 5) is 40.6. The van der Waals surface area contributed by atoms with Gasteiger partial charge in [-0.15, -0.1) is 0 Å². The third-order valence-electron chi connectivity index (χ3n) is 6.24. The normalized spacial score (nSPS) is 20.1. The number of carbonyl (C=O) groups excluding carboxylic acids is 3. The molecule has 4 rings (SSSR count). The second kappa shape index (κ2) is 13.1. The van der Waals surface area contributed by atoms with Gasteiger partial charge in [0.2, 0.25) is 18.2 Å². The lowest BCUT2D eigenvalue weighted by Crippen LogP contribution is -2.73. The van der Waals surface area contributed by atoms with Crippen LogP contribution in [0.1, 0.15) is 30.9 Å². The fourth-order valence-corrected chi connectivity index (χ4v) is 4.86. The summed E-state index contributed by atoms with van der Waals surface area (Å²) in [6.07, 6.45) is 1.51. The monoisotopic (exact) mass is 533 g/mol. The van der Waals surface area contributed by atoms with Gasteiger partial charge in [-0.25, -0.2) is 5.01 Å². The molecule has 2 aromatic carbocycles. The van der Waals surface area contributed by atoms with Gasteiger partial charge in [0, 0.05) is 20.1 Å². The van der Waals surface area contributed by atoms with Crippen molar-refractivity contribution in [2.24, 2.45) is 0 Å². The summed E-state index contributed by atoms with van der Waals surface area (Å²) in [5, 5.41) is 7.03. The Kier molecular flexibility index (Phi) is 10.1. The summed E-state index contributed by atoms with van der Waals surface area (Å²) in [6, 6.07) is 15.0. The van der Waals surface area contributed by atoms with Crippen LogP contribution in [-0.4, -0.2) is 77.4 Å². The number of fused-ring (bicyclic) bond motifs is 1. The first kappa shape index (κ1) is 27.9. The second-order valence-electron chi connectivity index (χ2n) is 8.87. The molecule has 194 valence electrons. The van der Waals surface area contributed by atoms with E-state index in [9.17, 15) is 14.4 Å². The van der Waals surface area contributed by atoms with Crippen molar-refractivity contribution < 1.29 is 14.4 Å². The highest BCUT2D eigenvalue weighted by molar-refractivity contribution is 6.42. The molecule has 1 unspecified atom stereocenters. The highest BCUT2D eigenvalue weighted by atomic mass is 35.5. The maximum atomic E-state index is 13.1. The van der Waals surface area contributed by atoms with E-state index in [0.717, 1.165) is 18.5 Å². The summed E-state index contributed by atoms with van der Waals surface area (Å²) in [5.41, 5.74) is 2.18. The van der Waals surface area contributed by atoms with Crippen molar-refractivity contribution in [3.8, 4) is 0 Å². The molecule has 0 aliphatic carbocycles. The Morgan fingerprint density at radius 3 is 2.39 bits per heavy atom. The van der Waals surface area contributed by atoms with E-state index >= 15 is 0 Å². The molecule has 2 aliphatic heterocycles. The fraction of sp³-hybridized carbons (Fsp3) is 0.423. The van der Waals surface area contributed by atoms with Crippen LogP contribution in [0.5, 0.6) is 0 Å². The Morgan fingerprint density at radius 1 is 1.06 bits per heavy atom. The highest BCUT2D eigenvalue weighted by Gasteiger charge is 2.48. The van der Waals surface area contributed by atoms with Gasteiger partial charge in [-0.1, -0.05) is 72.9 Å². The Hall–Kier alpha value is -2.65. The Labute approximate surface area is 222 Å². The zero-order chi connectivity index (χ0) is 26.2. The number of benzene rings is 2. The number of hydrazine groups is 1. The largest absolute Gasteiger partial charge is 0.333 e. The molecule has 1 N–H and O–H groups in total. The van der Waals surface area contributed by atoms with Crippen LogP contribution in [0.2, 0.25) is 10.0 Å². The lowest BCUT2D eigenvalue weighted by atomic mass is 10.0. The number of amides is 3. The summed E-state index contributed by atoms with van der Waals surface area (Å²) >= 11 is 12.1. The number of piperazine rings is 1. The molecule has 0 bridgehead atoms. The van der Waals surface area contributed by atoms with Gasteiger partial charge in [0.25, 0.3) is 0 Å². The van der Waals surface area contributed by atoms with Gasteiger partial charge >= 0.3 is 0 Å². The van der Waals surface area contributed by atoms with E-state index < -0.39 is 12.2 Å². The number of nitrogens with zero attached hydrogens (tertiary/aromatic N) is 4. The first-order valence-corrected chi connectivity index (χ1v) is 12.7. The molecule has 0 spiro atoms. The molecular formula is C26H33Cl2N5O3. The SMILES string of the molecule is CCC[C@H]1C(=O)N(Cc2ccc(Cl)c(Cl)c2)CC2N1C(=O)CN(C)N2C=O.CNCc1ccccc1. The van der Waals surface area contributed by atoms with E-state index in [0.29, 0.717) is 29.4 Å². The fourth-order valence-electron chi connectivity index (χ4n) is 4.54. The van der Waals surface area contributed by atoms with Crippen LogP contribution in [0.15, 0.2) is 48.5 Å². The minimum atomic E-state index is -0.569. The molecule has 2 saturated heterocycles. The molecule has 0 saturated carbocycles. The number of nitrogens with one attached hydrogen (secondary N) is 1. The first-order valence-electron chi connectivity index (χ1n) is 12.0. The molecule has 8 nitrogen and oxygen atoms in total. The van der Waals surface area contributed by atoms with Crippen molar-refractivity contribution in [3.63, 3.8) is 0 Å². The molecule has 0 radical (unpaired) electrons. The van der Waals surface area contributed by atoms with Crippen molar-refractivity contribution in [2.45, 2.75) is 45.1 Å². The molecule has 2 aliphatic rings. The topological polar surface area (TPSA) is 76.2 Å². The minimum Gasteiger partial charge on any atom is -0.333 e. The van der Waals surface area contributed by atoms with E-state index in [1.54, 1.807) is 34.0 Å². The predicted octanol–water partition coefficient (Wildman–Crippen LogP) is 3.38. The molecule has 3 amide bonds. The molecule has 10 heteroatoms. The molecule has 2 fully saturated rings. The Bertz CT molecular complexity index is 1060. The summed E-state index contributed by atoms with van der Waals surface area (Å²) in [5.74, 6) is -0.246. The van der Waals surface area contributed by atoms with E-state index in [4.69, 9.17) is 23.2 Å².